The summed E-state index contributed by atoms with van der Waals surface area (Å²) in [6, 6.07) is 4.75. The standard InChI is InChI=1S/C10H12ClNO3.ClH/c1-14-10(13)8-6-7(11)2-3-9(8)15-5-4-12;/h2-3,6H,4-5,12H2,1H3;1H. The van der Waals surface area contributed by atoms with Crippen LogP contribution in [0.15, 0.2) is 18.2 Å². The van der Waals surface area contributed by atoms with Gasteiger partial charge < -0.3 is 15.2 Å². The highest BCUT2D eigenvalue weighted by atomic mass is 35.5. The molecule has 0 fully saturated rings. The van der Waals surface area contributed by atoms with E-state index in [9.17, 15) is 4.79 Å². The molecule has 0 amide bonds. The minimum Gasteiger partial charge on any atom is -0.491 e. The molecule has 0 aliphatic carbocycles. The molecule has 0 radical (unpaired) electrons. The summed E-state index contributed by atoms with van der Waals surface area (Å²) in [7, 11) is 1.30. The summed E-state index contributed by atoms with van der Waals surface area (Å²) >= 11 is 5.76. The Hall–Kier alpha value is -0.970. The second-order valence-electron chi connectivity index (χ2n) is 2.77. The maximum absolute atomic E-state index is 11.4. The van der Waals surface area contributed by atoms with Gasteiger partial charge in [0.1, 0.15) is 17.9 Å². The molecule has 1 aromatic carbocycles. The smallest absolute Gasteiger partial charge is 0.341 e. The van der Waals surface area contributed by atoms with E-state index in [0.29, 0.717) is 29.5 Å². The first-order chi connectivity index (χ1) is 7.19. The molecule has 1 rings (SSSR count). The van der Waals surface area contributed by atoms with Crippen LogP contribution in [-0.4, -0.2) is 26.2 Å². The average Bonchev–Trinajstić information content (AvgIpc) is 2.26. The van der Waals surface area contributed by atoms with Crippen molar-refractivity contribution in [3.05, 3.63) is 28.8 Å². The van der Waals surface area contributed by atoms with Crippen LogP contribution in [0.5, 0.6) is 5.75 Å². The average molecular weight is 266 g/mol. The number of carbonyl (C=O) groups is 1. The summed E-state index contributed by atoms with van der Waals surface area (Å²) in [6.45, 7) is 0.717. The number of rotatable bonds is 4. The second kappa shape index (κ2) is 7.33. The van der Waals surface area contributed by atoms with Crippen molar-refractivity contribution in [1.82, 2.24) is 0 Å². The van der Waals surface area contributed by atoms with E-state index >= 15 is 0 Å². The fourth-order valence-electron chi connectivity index (χ4n) is 1.07. The van der Waals surface area contributed by atoms with Gasteiger partial charge in [-0.25, -0.2) is 4.79 Å². The Labute approximate surface area is 105 Å². The second-order valence-corrected chi connectivity index (χ2v) is 3.21. The Morgan fingerprint density at radius 2 is 2.19 bits per heavy atom. The Bertz CT molecular complexity index is 358. The van der Waals surface area contributed by atoms with Crippen molar-refractivity contribution >= 4 is 30.0 Å². The van der Waals surface area contributed by atoms with Crippen LogP contribution in [0.2, 0.25) is 5.02 Å². The number of esters is 1. The van der Waals surface area contributed by atoms with Crippen LogP contribution in [0, 0.1) is 0 Å². The molecule has 6 heteroatoms. The first kappa shape index (κ1) is 15.0. The highest BCUT2D eigenvalue weighted by Crippen LogP contribution is 2.23. The largest absolute Gasteiger partial charge is 0.491 e. The van der Waals surface area contributed by atoms with Gasteiger partial charge in [0.05, 0.1) is 7.11 Å². The molecule has 2 N–H and O–H groups in total. The van der Waals surface area contributed by atoms with E-state index in [4.69, 9.17) is 22.1 Å². The van der Waals surface area contributed by atoms with Crippen molar-refractivity contribution in [2.45, 2.75) is 0 Å². The number of nitrogens with two attached hydrogens (primary N) is 1. The van der Waals surface area contributed by atoms with Gasteiger partial charge in [-0.15, -0.1) is 12.4 Å². The molecule has 16 heavy (non-hydrogen) atoms. The van der Waals surface area contributed by atoms with Crippen LogP contribution < -0.4 is 10.5 Å². The molecule has 0 aliphatic rings. The number of hydrogen-bond acceptors (Lipinski definition) is 4. The lowest BCUT2D eigenvalue weighted by molar-refractivity contribution is 0.0596. The molecule has 0 aliphatic heterocycles. The van der Waals surface area contributed by atoms with Gasteiger partial charge in [0.15, 0.2) is 0 Å². The van der Waals surface area contributed by atoms with Crippen LogP contribution in [-0.2, 0) is 4.74 Å². The third kappa shape index (κ3) is 3.89. The van der Waals surface area contributed by atoms with Gasteiger partial charge in [0.25, 0.3) is 0 Å². The quantitative estimate of drug-likeness (QED) is 0.845. The monoisotopic (exact) mass is 265 g/mol. The Morgan fingerprint density at radius 1 is 1.50 bits per heavy atom. The summed E-state index contributed by atoms with van der Waals surface area (Å²) in [5.74, 6) is -0.0544. The summed E-state index contributed by atoms with van der Waals surface area (Å²) in [5, 5.41) is 0.454. The number of methoxy groups -OCH3 is 1. The zero-order valence-corrected chi connectivity index (χ0v) is 10.3. The normalized spacial score (nSPS) is 9.19. The van der Waals surface area contributed by atoms with Crippen LogP contribution in [0.25, 0.3) is 0 Å². The molecular weight excluding hydrogens is 253 g/mol. The van der Waals surface area contributed by atoms with Gasteiger partial charge in [-0.1, -0.05) is 11.6 Å². The lowest BCUT2D eigenvalue weighted by Gasteiger charge is -2.09. The number of hydrogen-bond donors (Lipinski definition) is 1. The van der Waals surface area contributed by atoms with E-state index in [1.54, 1.807) is 12.1 Å². The van der Waals surface area contributed by atoms with Gasteiger partial charge >= 0.3 is 5.97 Å². The third-order valence-corrected chi connectivity index (χ3v) is 1.96. The van der Waals surface area contributed by atoms with Crippen molar-refractivity contribution in [2.24, 2.45) is 5.73 Å². The van der Waals surface area contributed by atoms with E-state index in [2.05, 4.69) is 4.74 Å². The zero-order valence-electron chi connectivity index (χ0n) is 8.73. The van der Waals surface area contributed by atoms with Crippen molar-refractivity contribution < 1.29 is 14.3 Å². The predicted octanol–water partition coefficient (Wildman–Crippen LogP) is 1.89. The highest BCUT2D eigenvalue weighted by molar-refractivity contribution is 6.31. The molecule has 0 atom stereocenters. The van der Waals surface area contributed by atoms with Crippen LogP contribution >= 0.6 is 24.0 Å². The summed E-state index contributed by atoms with van der Waals surface area (Å²) in [5.41, 5.74) is 5.60. The van der Waals surface area contributed by atoms with Crippen molar-refractivity contribution in [3.8, 4) is 5.75 Å². The summed E-state index contributed by atoms with van der Waals surface area (Å²) in [4.78, 5) is 11.4. The zero-order chi connectivity index (χ0) is 11.3. The lowest BCUT2D eigenvalue weighted by atomic mass is 10.2. The van der Waals surface area contributed by atoms with Gasteiger partial charge in [-0.2, -0.15) is 0 Å². The molecule has 4 nitrogen and oxygen atoms in total. The lowest BCUT2D eigenvalue weighted by Crippen LogP contribution is -2.13. The molecule has 0 aromatic heterocycles. The van der Waals surface area contributed by atoms with E-state index in [-0.39, 0.29) is 12.4 Å². The molecular formula is C10H13Cl2NO3. The maximum atomic E-state index is 11.4. The Kier molecular flexibility index (Phi) is 6.88. The molecule has 0 saturated heterocycles. The third-order valence-electron chi connectivity index (χ3n) is 1.72. The fraction of sp³-hybridized carbons (Fsp3) is 0.300. The van der Waals surface area contributed by atoms with Gasteiger partial charge in [-0.05, 0) is 18.2 Å². The Morgan fingerprint density at radius 3 is 2.75 bits per heavy atom. The van der Waals surface area contributed by atoms with Crippen LogP contribution in [0.1, 0.15) is 10.4 Å². The van der Waals surface area contributed by atoms with E-state index in [0.717, 1.165) is 0 Å². The van der Waals surface area contributed by atoms with E-state index in [1.165, 1.54) is 13.2 Å². The summed E-state index contributed by atoms with van der Waals surface area (Å²) < 4.78 is 9.88. The SMILES string of the molecule is COC(=O)c1cc(Cl)ccc1OCCN.Cl. The Balaban J connectivity index is 0.00000225. The molecule has 90 valence electrons. The van der Waals surface area contributed by atoms with Gasteiger partial charge in [0.2, 0.25) is 0 Å². The predicted molar refractivity (Wildman–Crippen MR) is 64.6 cm³/mol. The van der Waals surface area contributed by atoms with Crippen molar-refractivity contribution in [2.75, 3.05) is 20.3 Å². The first-order valence-corrected chi connectivity index (χ1v) is 4.77. The summed E-state index contributed by atoms with van der Waals surface area (Å²) in [6.07, 6.45) is 0. The van der Waals surface area contributed by atoms with E-state index < -0.39 is 5.97 Å². The number of carbonyl (C=O) groups excluding carboxylic acids is 1. The van der Waals surface area contributed by atoms with E-state index in [1.807, 2.05) is 0 Å². The highest BCUT2D eigenvalue weighted by Gasteiger charge is 2.13. The molecule has 0 bridgehead atoms. The molecule has 0 heterocycles. The molecule has 0 unspecified atom stereocenters. The van der Waals surface area contributed by atoms with Crippen LogP contribution in [0.3, 0.4) is 0 Å². The minimum atomic E-state index is -0.482. The fourth-order valence-corrected chi connectivity index (χ4v) is 1.24. The number of benzene rings is 1. The number of halogens is 2. The molecule has 1 aromatic rings. The van der Waals surface area contributed by atoms with Gasteiger partial charge in [0, 0.05) is 11.6 Å². The van der Waals surface area contributed by atoms with Gasteiger partial charge in [-0.3, -0.25) is 0 Å². The van der Waals surface area contributed by atoms with Crippen molar-refractivity contribution in [1.29, 1.82) is 0 Å². The number of ether oxygens (including phenoxy) is 2. The van der Waals surface area contributed by atoms with Crippen LogP contribution in [0.4, 0.5) is 0 Å². The molecule has 0 saturated carbocycles. The molecule has 0 spiro atoms. The topological polar surface area (TPSA) is 61.5 Å². The maximum Gasteiger partial charge on any atom is 0.341 e. The first-order valence-electron chi connectivity index (χ1n) is 4.39. The van der Waals surface area contributed by atoms with Crippen molar-refractivity contribution in [3.63, 3.8) is 0 Å². The minimum absolute atomic E-state index is 0.